The molecular formula is C13H20N2O2S. The summed E-state index contributed by atoms with van der Waals surface area (Å²) in [5.41, 5.74) is 0.678. The first-order valence-corrected chi connectivity index (χ1v) is 7.07. The molecule has 1 aliphatic heterocycles. The van der Waals surface area contributed by atoms with Gasteiger partial charge in [-0.25, -0.2) is 4.79 Å². The van der Waals surface area contributed by atoms with Crippen LogP contribution in [0.3, 0.4) is 0 Å². The molecule has 1 aliphatic carbocycles. The van der Waals surface area contributed by atoms with Crippen LogP contribution in [0.15, 0.2) is 11.8 Å². The monoisotopic (exact) mass is 268 g/mol. The minimum Gasteiger partial charge on any atom is -0.463 e. The summed E-state index contributed by atoms with van der Waals surface area (Å²) in [4.78, 5) is 11.9. The number of hydrogen-bond donors (Lipinski definition) is 2. The Balaban J connectivity index is 2.12. The Bertz CT molecular complexity index is 362. The van der Waals surface area contributed by atoms with Gasteiger partial charge in [0.2, 0.25) is 0 Å². The first-order valence-electron chi connectivity index (χ1n) is 6.66. The van der Waals surface area contributed by atoms with E-state index in [9.17, 15) is 4.79 Å². The molecular weight excluding hydrogens is 248 g/mol. The van der Waals surface area contributed by atoms with Crippen LogP contribution in [-0.4, -0.2) is 23.7 Å². The van der Waals surface area contributed by atoms with Gasteiger partial charge in [0.15, 0.2) is 5.11 Å². The Kier molecular flexibility index (Phi) is 4.58. The molecule has 0 aromatic heterocycles. The van der Waals surface area contributed by atoms with E-state index >= 15 is 0 Å². The van der Waals surface area contributed by atoms with E-state index in [2.05, 4.69) is 10.6 Å². The van der Waals surface area contributed by atoms with E-state index in [1.54, 1.807) is 6.20 Å². The number of esters is 1. The molecule has 0 aromatic carbocycles. The van der Waals surface area contributed by atoms with Gasteiger partial charge in [0.05, 0.1) is 18.2 Å². The van der Waals surface area contributed by atoms with Crippen molar-refractivity contribution in [3.63, 3.8) is 0 Å². The lowest BCUT2D eigenvalue weighted by Gasteiger charge is -2.34. The van der Waals surface area contributed by atoms with Crippen LogP contribution >= 0.6 is 12.2 Å². The van der Waals surface area contributed by atoms with Gasteiger partial charge >= 0.3 is 5.97 Å². The van der Waals surface area contributed by atoms with Gasteiger partial charge in [-0.1, -0.05) is 19.3 Å². The van der Waals surface area contributed by atoms with E-state index in [1.165, 1.54) is 19.3 Å². The van der Waals surface area contributed by atoms with Crippen LogP contribution in [0.5, 0.6) is 0 Å². The zero-order valence-electron chi connectivity index (χ0n) is 10.7. The summed E-state index contributed by atoms with van der Waals surface area (Å²) in [6, 6.07) is 0.0121. The summed E-state index contributed by atoms with van der Waals surface area (Å²) in [5, 5.41) is 6.72. The summed E-state index contributed by atoms with van der Waals surface area (Å²) in [7, 11) is 0. The van der Waals surface area contributed by atoms with E-state index < -0.39 is 0 Å². The van der Waals surface area contributed by atoms with E-state index in [0.717, 1.165) is 12.8 Å². The van der Waals surface area contributed by atoms with E-state index in [-0.39, 0.29) is 12.0 Å². The topological polar surface area (TPSA) is 50.4 Å². The molecule has 0 amide bonds. The van der Waals surface area contributed by atoms with Crippen molar-refractivity contribution >= 4 is 23.3 Å². The smallest absolute Gasteiger partial charge is 0.337 e. The average molecular weight is 268 g/mol. The molecule has 0 radical (unpaired) electrons. The van der Waals surface area contributed by atoms with Crippen LogP contribution < -0.4 is 10.6 Å². The molecule has 5 heteroatoms. The zero-order chi connectivity index (χ0) is 13.0. The lowest BCUT2D eigenvalue weighted by Crippen LogP contribution is -2.51. The standard InChI is InChI=1S/C13H20N2O2S/c1-2-17-12(16)10-8-14-13(18)15-11(10)9-6-4-3-5-7-9/h8-9,11H,2-7H2,1H3,(H2,14,15,18). The maximum absolute atomic E-state index is 11.9. The fourth-order valence-corrected chi connectivity index (χ4v) is 2.92. The molecule has 0 aromatic rings. The summed E-state index contributed by atoms with van der Waals surface area (Å²) in [5.74, 6) is 0.241. The molecule has 1 fully saturated rings. The molecule has 100 valence electrons. The maximum atomic E-state index is 11.9. The van der Waals surface area contributed by atoms with Crippen molar-refractivity contribution in [2.45, 2.75) is 45.1 Å². The van der Waals surface area contributed by atoms with Crippen molar-refractivity contribution in [2.24, 2.45) is 5.92 Å². The summed E-state index contributed by atoms with van der Waals surface area (Å²) in [6.07, 6.45) is 7.77. The molecule has 18 heavy (non-hydrogen) atoms. The van der Waals surface area contributed by atoms with Crippen LogP contribution in [0, 0.1) is 5.92 Å². The van der Waals surface area contributed by atoms with Crippen molar-refractivity contribution in [1.29, 1.82) is 0 Å². The first kappa shape index (κ1) is 13.3. The fourth-order valence-electron chi connectivity index (χ4n) is 2.73. The number of thiocarbonyl (C=S) groups is 1. The van der Waals surface area contributed by atoms with Gasteiger partial charge in [0, 0.05) is 6.20 Å². The van der Waals surface area contributed by atoms with E-state index in [4.69, 9.17) is 17.0 Å². The number of hydrogen-bond acceptors (Lipinski definition) is 3. The van der Waals surface area contributed by atoms with Crippen LogP contribution in [0.1, 0.15) is 39.0 Å². The lowest BCUT2D eigenvalue weighted by atomic mass is 9.80. The van der Waals surface area contributed by atoms with E-state index in [0.29, 0.717) is 23.2 Å². The zero-order valence-corrected chi connectivity index (χ0v) is 11.5. The van der Waals surface area contributed by atoms with Crippen LogP contribution in [0.2, 0.25) is 0 Å². The highest BCUT2D eigenvalue weighted by atomic mass is 32.1. The minimum atomic E-state index is -0.240. The quantitative estimate of drug-likeness (QED) is 0.604. The SMILES string of the molecule is CCOC(=O)C1=CNC(=S)NC1C1CCCCC1. The molecule has 1 saturated carbocycles. The Labute approximate surface area is 113 Å². The van der Waals surface area contributed by atoms with Crippen molar-refractivity contribution < 1.29 is 9.53 Å². The third-order valence-electron chi connectivity index (χ3n) is 3.61. The minimum absolute atomic E-state index is 0.0121. The second-order valence-corrected chi connectivity index (χ2v) is 5.22. The molecule has 1 heterocycles. The maximum Gasteiger partial charge on any atom is 0.337 e. The molecule has 2 aliphatic rings. The van der Waals surface area contributed by atoms with Crippen LogP contribution in [0.4, 0.5) is 0 Å². The number of nitrogens with one attached hydrogen (secondary N) is 2. The van der Waals surface area contributed by atoms with Gasteiger partial charge in [-0.3, -0.25) is 0 Å². The van der Waals surface area contributed by atoms with Gasteiger partial charge in [0.1, 0.15) is 0 Å². The van der Waals surface area contributed by atoms with Crippen molar-refractivity contribution in [2.75, 3.05) is 6.61 Å². The molecule has 4 nitrogen and oxygen atoms in total. The number of carbonyl (C=O) groups excluding carboxylic acids is 1. The highest BCUT2D eigenvalue weighted by Gasteiger charge is 2.33. The molecule has 1 atom stereocenters. The van der Waals surface area contributed by atoms with Crippen molar-refractivity contribution in [3.8, 4) is 0 Å². The summed E-state index contributed by atoms with van der Waals surface area (Å²) >= 11 is 5.14. The predicted molar refractivity (Wildman–Crippen MR) is 73.9 cm³/mol. The second kappa shape index (κ2) is 6.18. The molecule has 0 bridgehead atoms. The lowest BCUT2D eigenvalue weighted by molar-refractivity contribution is -0.139. The van der Waals surface area contributed by atoms with Gasteiger partial charge in [0.25, 0.3) is 0 Å². The Hall–Kier alpha value is -1.10. The first-order chi connectivity index (χ1) is 8.72. The average Bonchev–Trinajstić information content (AvgIpc) is 2.40. The number of carbonyl (C=O) groups is 1. The van der Waals surface area contributed by atoms with Crippen molar-refractivity contribution in [1.82, 2.24) is 10.6 Å². The Morgan fingerprint density at radius 2 is 2.17 bits per heavy atom. The van der Waals surface area contributed by atoms with Gasteiger partial charge in [-0.05, 0) is 37.9 Å². The largest absolute Gasteiger partial charge is 0.463 e. The Morgan fingerprint density at radius 3 is 2.83 bits per heavy atom. The van der Waals surface area contributed by atoms with Gasteiger partial charge in [-0.2, -0.15) is 0 Å². The van der Waals surface area contributed by atoms with Crippen LogP contribution in [-0.2, 0) is 9.53 Å². The van der Waals surface area contributed by atoms with Crippen molar-refractivity contribution in [3.05, 3.63) is 11.8 Å². The highest BCUT2D eigenvalue weighted by Crippen LogP contribution is 2.30. The molecule has 0 spiro atoms. The molecule has 2 rings (SSSR count). The Morgan fingerprint density at radius 1 is 1.44 bits per heavy atom. The third-order valence-corrected chi connectivity index (χ3v) is 3.85. The number of ether oxygens (including phenoxy) is 1. The van der Waals surface area contributed by atoms with Gasteiger partial charge < -0.3 is 15.4 Å². The fraction of sp³-hybridized carbons (Fsp3) is 0.692. The third kappa shape index (κ3) is 3.02. The highest BCUT2D eigenvalue weighted by molar-refractivity contribution is 7.80. The molecule has 2 N–H and O–H groups in total. The van der Waals surface area contributed by atoms with Crippen LogP contribution in [0.25, 0.3) is 0 Å². The van der Waals surface area contributed by atoms with Gasteiger partial charge in [-0.15, -0.1) is 0 Å². The predicted octanol–water partition coefficient (Wildman–Crippen LogP) is 1.86. The summed E-state index contributed by atoms with van der Waals surface area (Å²) in [6.45, 7) is 2.22. The molecule has 1 unspecified atom stereocenters. The van der Waals surface area contributed by atoms with E-state index in [1.807, 2.05) is 6.92 Å². The molecule has 0 saturated heterocycles. The number of rotatable bonds is 3. The summed E-state index contributed by atoms with van der Waals surface area (Å²) < 4.78 is 5.11. The normalized spacial score (nSPS) is 24.8. The second-order valence-electron chi connectivity index (χ2n) is 4.81.